The summed E-state index contributed by atoms with van der Waals surface area (Å²) < 4.78 is 5.84. The molecule has 2 saturated carbocycles. The van der Waals surface area contributed by atoms with E-state index in [1.54, 1.807) is 0 Å². The first-order valence-electron chi connectivity index (χ1n) is 10.0. The van der Waals surface area contributed by atoms with Crippen molar-refractivity contribution in [2.24, 2.45) is 11.7 Å². The molecule has 2 aromatic rings. The van der Waals surface area contributed by atoms with Gasteiger partial charge in [0.2, 0.25) is 5.91 Å². The molecule has 2 unspecified atom stereocenters. The summed E-state index contributed by atoms with van der Waals surface area (Å²) in [6.45, 7) is 0.569. The fraction of sp³-hybridized carbons (Fsp3) is 0.435. The molecule has 2 aromatic carbocycles. The molecule has 0 radical (unpaired) electrons. The van der Waals surface area contributed by atoms with Crippen LogP contribution in [0, 0.1) is 5.92 Å². The standard InChI is InChI=1S/C23H28N2O2.ClH/c24-18-8-10-19(11-9-18)25-23(26)22-14-21(22)17-6-12-20(13-7-17)27-15-16-4-2-1-3-5-16;/h1-7,12-13,18-19,21-22H,8-11,14-15,24H2,(H,25,26);1H. The maximum Gasteiger partial charge on any atom is 0.223 e. The van der Waals surface area contributed by atoms with Crippen molar-refractivity contribution in [3.63, 3.8) is 0 Å². The maximum atomic E-state index is 12.5. The summed E-state index contributed by atoms with van der Waals surface area (Å²) in [4.78, 5) is 12.5. The molecule has 0 aliphatic heterocycles. The van der Waals surface area contributed by atoms with E-state index in [-0.39, 0.29) is 24.2 Å². The number of halogens is 1. The molecule has 1 amide bonds. The van der Waals surface area contributed by atoms with Gasteiger partial charge in [-0.05, 0) is 61.3 Å². The first-order chi connectivity index (χ1) is 13.2. The molecule has 3 N–H and O–H groups in total. The molecule has 4 nitrogen and oxygen atoms in total. The number of ether oxygens (including phenoxy) is 1. The highest BCUT2D eigenvalue weighted by Gasteiger charge is 2.44. The Kier molecular flexibility index (Phi) is 6.97. The van der Waals surface area contributed by atoms with E-state index < -0.39 is 0 Å². The van der Waals surface area contributed by atoms with E-state index in [9.17, 15) is 4.79 Å². The van der Waals surface area contributed by atoms with E-state index in [0.717, 1.165) is 43.4 Å². The van der Waals surface area contributed by atoms with Gasteiger partial charge in [0.1, 0.15) is 12.4 Å². The average Bonchev–Trinajstić information content (AvgIpc) is 3.50. The summed E-state index contributed by atoms with van der Waals surface area (Å²) in [7, 11) is 0. The van der Waals surface area contributed by atoms with Gasteiger partial charge in [0, 0.05) is 18.0 Å². The van der Waals surface area contributed by atoms with Gasteiger partial charge in [-0.15, -0.1) is 12.4 Å². The number of amides is 1. The van der Waals surface area contributed by atoms with Gasteiger partial charge < -0.3 is 15.8 Å². The number of nitrogens with two attached hydrogens (primary N) is 1. The van der Waals surface area contributed by atoms with Crippen LogP contribution in [0.3, 0.4) is 0 Å². The smallest absolute Gasteiger partial charge is 0.223 e. The van der Waals surface area contributed by atoms with Crippen molar-refractivity contribution in [3.05, 3.63) is 65.7 Å². The van der Waals surface area contributed by atoms with Crippen LogP contribution in [0.2, 0.25) is 0 Å². The molecule has 0 saturated heterocycles. The number of carbonyl (C=O) groups is 1. The summed E-state index contributed by atoms with van der Waals surface area (Å²) >= 11 is 0. The highest BCUT2D eigenvalue weighted by Crippen LogP contribution is 2.48. The van der Waals surface area contributed by atoms with Crippen LogP contribution in [-0.4, -0.2) is 18.0 Å². The van der Waals surface area contributed by atoms with Crippen molar-refractivity contribution in [2.45, 2.75) is 56.7 Å². The van der Waals surface area contributed by atoms with Crippen LogP contribution in [0.4, 0.5) is 0 Å². The summed E-state index contributed by atoms with van der Waals surface area (Å²) in [5.74, 6) is 1.54. The van der Waals surface area contributed by atoms with Gasteiger partial charge in [-0.1, -0.05) is 42.5 Å². The van der Waals surface area contributed by atoms with E-state index in [2.05, 4.69) is 29.6 Å². The van der Waals surface area contributed by atoms with Crippen LogP contribution in [0.1, 0.15) is 49.1 Å². The van der Waals surface area contributed by atoms with Crippen LogP contribution in [-0.2, 0) is 11.4 Å². The van der Waals surface area contributed by atoms with Crippen LogP contribution >= 0.6 is 12.4 Å². The zero-order valence-electron chi connectivity index (χ0n) is 16.1. The molecule has 28 heavy (non-hydrogen) atoms. The van der Waals surface area contributed by atoms with E-state index >= 15 is 0 Å². The van der Waals surface area contributed by atoms with Gasteiger partial charge >= 0.3 is 0 Å². The lowest BCUT2D eigenvalue weighted by Gasteiger charge is -2.26. The summed E-state index contributed by atoms with van der Waals surface area (Å²) in [6.07, 6.45) is 5.00. The Morgan fingerprint density at radius 3 is 2.36 bits per heavy atom. The number of hydrogen-bond acceptors (Lipinski definition) is 3. The van der Waals surface area contributed by atoms with Gasteiger partial charge in [0.15, 0.2) is 0 Å². The van der Waals surface area contributed by atoms with Gasteiger partial charge in [-0.2, -0.15) is 0 Å². The normalized spacial score (nSPS) is 26.0. The monoisotopic (exact) mass is 400 g/mol. The first kappa shape index (κ1) is 20.7. The Bertz CT molecular complexity index is 758. The van der Waals surface area contributed by atoms with Crippen LogP contribution < -0.4 is 15.8 Å². The minimum atomic E-state index is 0. The maximum absolute atomic E-state index is 12.5. The Labute approximate surface area is 173 Å². The Morgan fingerprint density at radius 1 is 1.00 bits per heavy atom. The Hall–Kier alpha value is -2.04. The summed E-state index contributed by atoms with van der Waals surface area (Å²) in [5.41, 5.74) is 8.33. The zero-order chi connectivity index (χ0) is 18.6. The van der Waals surface area contributed by atoms with Gasteiger partial charge in [-0.25, -0.2) is 0 Å². The lowest BCUT2D eigenvalue weighted by atomic mass is 9.91. The second-order valence-corrected chi connectivity index (χ2v) is 7.91. The minimum absolute atomic E-state index is 0. The zero-order valence-corrected chi connectivity index (χ0v) is 16.9. The van der Waals surface area contributed by atoms with E-state index in [0.29, 0.717) is 24.6 Å². The molecule has 2 fully saturated rings. The second-order valence-electron chi connectivity index (χ2n) is 7.91. The van der Waals surface area contributed by atoms with Crippen molar-refractivity contribution in [1.82, 2.24) is 5.32 Å². The SMILES string of the molecule is Cl.NC1CCC(NC(=O)C2CC2c2ccc(OCc3ccccc3)cc2)CC1. The van der Waals surface area contributed by atoms with Crippen molar-refractivity contribution in [1.29, 1.82) is 0 Å². The molecule has 0 aromatic heterocycles. The van der Waals surface area contributed by atoms with Crippen molar-refractivity contribution in [3.8, 4) is 5.75 Å². The molecule has 0 spiro atoms. The fourth-order valence-corrected chi connectivity index (χ4v) is 3.98. The second kappa shape index (κ2) is 9.44. The largest absolute Gasteiger partial charge is 0.489 e. The van der Waals surface area contributed by atoms with E-state index in [1.807, 2.05) is 30.3 Å². The number of nitrogens with one attached hydrogen (secondary N) is 1. The van der Waals surface area contributed by atoms with Crippen LogP contribution in [0.5, 0.6) is 5.75 Å². The summed E-state index contributed by atoms with van der Waals surface area (Å²) in [5, 5.41) is 3.23. The predicted octanol–water partition coefficient (Wildman–Crippen LogP) is 4.18. The Balaban J connectivity index is 0.00000225. The van der Waals surface area contributed by atoms with Crippen molar-refractivity contribution < 1.29 is 9.53 Å². The third-order valence-electron chi connectivity index (χ3n) is 5.80. The van der Waals surface area contributed by atoms with E-state index in [1.165, 1.54) is 5.56 Å². The van der Waals surface area contributed by atoms with Gasteiger partial charge in [-0.3, -0.25) is 4.79 Å². The number of benzene rings is 2. The van der Waals surface area contributed by atoms with Crippen molar-refractivity contribution >= 4 is 18.3 Å². The molecule has 2 aliphatic carbocycles. The number of rotatable bonds is 6. The predicted molar refractivity (Wildman–Crippen MR) is 114 cm³/mol. The third-order valence-corrected chi connectivity index (χ3v) is 5.80. The average molecular weight is 401 g/mol. The molecular weight excluding hydrogens is 372 g/mol. The summed E-state index contributed by atoms with van der Waals surface area (Å²) in [6, 6.07) is 19.0. The minimum Gasteiger partial charge on any atom is -0.489 e. The van der Waals surface area contributed by atoms with Gasteiger partial charge in [0.05, 0.1) is 0 Å². The molecule has 2 atom stereocenters. The highest BCUT2D eigenvalue weighted by atomic mass is 35.5. The molecular formula is C23H29ClN2O2. The molecule has 150 valence electrons. The molecule has 0 bridgehead atoms. The quantitative estimate of drug-likeness (QED) is 0.764. The molecule has 4 rings (SSSR count). The van der Waals surface area contributed by atoms with Crippen LogP contribution in [0.25, 0.3) is 0 Å². The topological polar surface area (TPSA) is 64.3 Å². The van der Waals surface area contributed by atoms with E-state index in [4.69, 9.17) is 10.5 Å². The molecule has 2 aliphatic rings. The first-order valence-corrected chi connectivity index (χ1v) is 10.0. The van der Waals surface area contributed by atoms with Crippen molar-refractivity contribution in [2.75, 3.05) is 0 Å². The molecule has 5 heteroatoms. The fourth-order valence-electron chi connectivity index (χ4n) is 3.98. The number of carbonyl (C=O) groups excluding carboxylic acids is 1. The van der Waals surface area contributed by atoms with Crippen LogP contribution in [0.15, 0.2) is 54.6 Å². The number of hydrogen-bond donors (Lipinski definition) is 2. The lowest BCUT2D eigenvalue weighted by Crippen LogP contribution is -2.41. The highest BCUT2D eigenvalue weighted by molar-refractivity contribution is 5.85. The lowest BCUT2D eigenvalue weighted by molar-refractivity contribution is -0.123. The molecule has 0 heterocycles. The third kappa shape index (κ3) is 5.27. The Morgan fingerprint density at radius 2 is 1.68 bits per heavy atom. The van der Waals surface area contributed by atoms with Gasteiger partial charge in [0.25, 0.3) is 0 Å².